The molecule has 0 unspecified atom stereocenters. The summed E-state index contributed by atoms with van der Waals surface area (Å²) in [5.74, 6) is 0.0542. The number of pyridine rings is 1. The first-order valence-electron chi connectivity index (χ1n) is 3.78. The first-order chi connectivity index (χ1) is 6.09. The minimum absolute atomic E-state index is 0.0256. The lowest BCUT2D eigenvalue weighted by Crippen LogP contribution is -2.19. The van der Waals surface area contributed by atoms with E-state index in [1.807, 2.05) is 13.0 Å². The number of nitrogens with two attached hydrogens (primary N) is 1. The summed E-state index contributed by atoms with van der Waals surface area (Å²) in [5, 5.41) is 2.49. The Hall–Kier alpha value is -1.84. The van der Waals surface area contributed by atoms with Gasteiger partial charge in [-0.1, -0.05) is 12.6 Å². The van der Waals surface area contributed by atoms with Crippen molar-refractivity contribution < 1.29 is 4.79 Å². The number of nitrogens with one attached hydrogen (secondary N) is 1. The molecule has 0 bridgehead atoms. The average Bonchev–Trinajstić information content (AvgIpc) is 2.08. The lowest BCUT2D eigenvalue weighted by molar-refractivity contribution is -0.112. The van der Waals surface area contributed by atoms with Crippen LogP contribution < -0.4 is 11.1 Å². The van der Waals surface area contributed by atoms with Crippen molar-refractivity contribution in [1.29, 1.82) is 0 Å². The van der Waals surface area contributed by atoms with E-state index in [9.17, 15) is 4.79 Å². The van der Waals surface area contributed by atoms with Crippen LogP contribution in [0.3, 0.4) is 0 Å². The highest BCUT2D eigenvalue weighted by Gasteiger charge is 2.02. The lowest BCUT2D eigenvalue weighted by Gasteiger charge is -2.02. The molecule has 3 N–H and O–H groups in total. The molecule has 0 radical (unpaired) electrons. The molecule has 0 fully saturated rings. The second-order valence-corrected chi connectivity index (χ2v) is 2.70. The number of aryl methyl sites for hydroxylation is 1. The van der Waals surface area contributed by atoms with Gasteiger partial charge in [0, 0.05) is 6.20 Å². The monoisotopic (exact) mass is 177 g/mol. The fourth-order valence-corrected chi connectivity index (χ4v) is 0.738. The van der Waals surface area contributed by atoms with Gasteiger partial charge in [0.25, 0.3) is 5.91 Å². The summed E-state index contributed by atoms with van der Waals surface area (Å²) in [6.45, 7) is 5.22. The van der Waals surface area contributed by atoms with Crippen molar-refractivity contribution in [2.45, 2.75) is 6.92 Å². The van der Waals surface area contributed by atoms with Crippen molar-refractivity contribution in [2.24, 2.45) is 5.73 Å². The Labute approximate surface area is 76.5 Å². The number of carbonyl (C=O) groups excluding carboxylic acids is 1. The van der Waals surface area contributed by atoms with Gasteiger partial charge >= 0.3 is 0 Å². The van der Waals surface area contributed by atoms with Crippen molar-refractivity contribution in [2.75, 3.05) is 5.32 Å². The van der Waals surface area contributed by atoms with Crippen LogP contribution in [-0.4, -0.2) is 10.9 Å². The van der Waals surface area contributed by atoms with E-state index in [0.29, 0.717) is 5.82 Å². The number of hydrogen-bond acceptors (Lipinski definition) is 3. The number of rotatable bonds is 2. The zero-order valence-electron chi connectivity index (χ0n) is 7.37. The summed E-state index contributed by atoms with van der Waals surface area (Å²) in [7, 11) is 0. The smallest absolute Gasteiger partial charge is 0.272 e. The maximum absolute atomic E-state index is 11.0. The van der Waals surface area contributed by atoms with Gasteiger partial charge in [0.1, 0.15) is 5.82 Å². The largest absolute Gasteiger partial charge is 0.395 e. The SMILES string of the molecule is C=C(N)C(=O)Nc1ccc(C)cn1. The predicted molar refractivity (Wildman–Crippen MR) is 50.9 cm³/mol. The van der Waals surface area contributed by atoms with Crippen molar-refractivity contribution in [1.82, 2.24) is 4.98 Å². The van der Waals surface area contributed by atoms with Crippen LogP contribution in [0.15, 0.2) is 30.6 Å². The Balaban J connectivity index is 2.70. The van der Waals surface area contributed by atoms with Crippen molar-refractivity contribution >= 4 is 11.7 Å². The van der Waals surface area contributed by atoms with E-state index in [-0.39, 0.29) is 5.70 Å². The van der Waals surface area contributed by atoms with Crippen LogP contribution in [0.5, 0.6) is 0 Å². The van der Waals surface area contributed by atoms with Crippen molar-refractivity contribution in [3.63, 3.8) is 0 Å². The van der Waals surface area contributed by atoms with Crippen LogP contribution in [0.2, 0.25) is 0 Å². The number of aromatic nitrogens is 1. The first kappa shape index (κ1) is 9.25. The second-order valence-electron chi connectivity index (χ2n) is 2.70. The molecular formula is C9H11N3O. The number of anilines is 1. The van der Waals surface area contributed by atoms with Gasteiger partial charge in [-0.05, 0) is 18.6 Å². The third-order valence-electron chi connectivity index (χ3n) is 1.44. The van der Waals surface area contributed by atoms with E-state index in [4.69, 9.17) is 5.73 Å². The Morgan fingerprint density at radius 1 is 1.62 bits per heavy atom. The summed E-state index contributed by atoms with van der Waals surface area (Å²) in [6, 6.07) is 3.55. The fraction of sp³-hybridized carbons (Fsp3) is 0.111. The standard InChI is InChI=1S/C9H11N3O/c1-6-3-4-8(11-5-6)12-9(13)7(2)10/h3-5H,2,10H2,1H3,(H,11,12,13). The van der Waals surface area contributed by atoms with Gasteiger partial charge in [-0.3, -0.25) is 4.79 Å². The van der Waals surface area contributed by atoms with Gasteiger partial charge in [0.2, 0.25) is 0 Å². The van der Waals surface area contributed by atoms with E-state index in [1.54, 1.807) is 12.3 Å². The Morgan fingerprint density at radius 2 is 2.31 bits per heavy atom. The predicted octanol–water partition coefficient (Wildman–Crippen LogP) is 0.801. The molecule has 1 aromatic rings. The van der Waals surface area contributed by atoms with Crippen molar-refractivity contribution in [3.05, 3.63) is 36.2 Å². The molecule has 1 aromatic heterocycles. The van der Waals surface area contributed by atoms with Gasteiger partial charge in [0.05, 0.1) is 5.70 Å². The molecule has 0 spiro atoms. The zero-order chi connectivity index (χ0) is 9.84. The summed E-state index contributed by atoms with van der Waals surface area (Å²) in [6.07, 6.45) is 1.66. The molecule has 4 nitrogen and oxygen atoms in total. The van der Waals surface area contributed by atoms with Crippen LogP contribution in [0.1, 0.15) is 5.56 Å². The van der Waals surface area contributed by atoms with Crippen LogP contribution in [0.25, 0.3) is 0 Å². The van der Waals surface area contributed by atoms with Gasteiger partial charge in [0.15, 0.2) is 0 Å². The molecule has 1 rings (SSSR count). The average molecular weight is 177 g/mol. The lowest BCUT2D eigenvalue weighted by atomic mass is 10.3. The third kappa shape index (κ3) is 2.59. The van der Waals surface area contributed by atoms with E-state index >= 15 is 0 Å². The highest BCUT2D eigenvalue weighted by molar-refractivity contribution is 6.01. The molecule has 13 heavy (non-hydrogen) atoms. The highest BCUT2D eigenvalue weighted by Crippen LogP contribution is 2.03. The van der Waals surface area contributed by atoms with Crippen LogP contribution in [-0.2, 0) is 4.79 Å². The van der Waals surface area contributed by atoms with Gasteiger partial charge in [-0.2, -0.15) is 0 Å². The summed E-state index contributed by atoms with van der Waals surface area (Å²) in [4.78, 5) is 15.0. The third-order valence-corrected chi connectivity index (χ3v) is 1.44. The van der Waals surface area contributed by atoms with Crippen LogP contribution >= 0.6 is 0 Å². The number of nitrogens with zero attached hydrogens (tertiary/aromatic N) is 1. The summed E-state index contributed by atoms with van der Waals surface area (Å²) < 4.78 is 0. The molecule has 1 heterocycles. The number of hydrogen-bond donors (Lipinski definition) is 2. The Morgan fingerprint density at radius 3 is 2.77 bits per heavy atom. The van der Waals surface area contributed by atoms with Crippen LogP contribution in [0, 0.1) is 6.92 Å². The van der Waals surface area contributed by atoms with Crippen LogP contribution in [0.4, 0.5) is 5.82 Å². The molecule has 0 aliphatic rings. The first-order valence-corrected chi connectivity index (χ1v) is 3.78. The molecule has 0 saturated carbocycles. The van der Waals surface area contributed by atoms with E-state index in [0.717, 1.165) is 5.56 Å². The molecule has 0 saturated heterocycles. The summed E-state index contributed by atoms with van der Waals surface area (Å²) >= 11 is 0. The zero-order valence-corrected chi connectivity index (χ0v) is 7.37. The summed E-state index contributed by atoms with van der Waals surface area (Å²) in [5.41, 5.74) is 6.19. The maximum atomic E-state index is 11.0. The van der Waals surface area contributed by atoms with E-state index in [1.165, 1.54) is 0 Å². The highest BCUT2D eigenvalue weighted by atomic mass is 16.2. The Kier molecular flexibility index (Phi) is 2.64. The molecule has 0 aliphatic carbocycles. The van der Waals surface area contributed by atoms with Crippen molar-refractivity contribution in [3.8, 4) is 0 Å². The Bertz CT molecular complexity index is 329. The minimum Gasteiger partial charge on any atom is -0.395 e. The van der Waals surface area contributed by atoms with E-state index < -0.39 is 5.91 Å². The molecule has 0 atom stereocenters. The molecule has 4 heteroatoms. The van der Waals surface area contributed by atoms with Gasteiger partial charge in [-0.15, -0.1) is 0 Å². The van der Waals surface area contributed by atoms with E-state index in [2.05, 4.69) is 16.9 Å². The molecule has 0 aliphatic heterocycles. The molecule has 1 amide bonds. The molecule has 0 aromatic carbocycles. The molecular weight excluding hydrogens is 166 g/mol. The van der Waals surface area contributed by atoms with Gasteiger partial charge in [-0.25, -0.2) is 4.98 Å². The topological polar surface area (TPSA) is 68.0 Å². The fourth-order valence-electron chi connectivity index (χ4n) is 0.738. The maximum Gasteiger partial charge on any atom is 0.272 e. The number of carbonyl (C=O) groups is 1. The van der Waals surface area contributed by atoms with Gasteiger partial charge < -0.3 is 11.1 Å². The quantitative estimate of drug-likeness (QED) is 0.656. The minimum atomic E-state index is -0.420. The normalized spacial score (nSPS) is 9.31. The molecule has 68 valence electrons. The second kappa shape index (κ2) is 3.71. The number of amides is 1.